The number of nitrogens with zero attached hydrogens (tertiary/aromatic N) is 2. The van der Waals surface area contributed by atoms with E-state index in [9.17, 15) is 75.9 Å². The fourth-order valence-electron chi connectivity index (χ4n) is 8.37. The zero-order valence-electron chi connectivity index (χ0n) is 40.7. The summed E-state index contributed by atoms with van der Waals surface area (Å²) in [6, 6.07) is 21.3. The van der Waals surface area contributed by atoms with Gasteiger partial charge in [0.2, 0.25) is 0 Å². The molecule has 0 aliphatic rings. The number of rotatable bonds is 14. The van der Waals surface area contributed by atoms with E-state index in [1.165, 1.54) is 96.3 Å². The Morgan fingerprint density at radius 1 is 0.400 bits per heavy atom. The number of anilines is 6. The molecule has 0 saturated heterocycles. The Morgan fingerprint density at radius 2 is 0.750 bits per heavy atom. The van der Waals surface area contributed by atoms with Gasteiger partial charge in [-0.2, -0.15) is 33.7 Å². The molecule has 0 spiro atoms. The molecule has 25 nitrogen and oxygen atoms in total. The number of urea groups is 1. The van der Waals surface area contributed by atoms with Crippen LogP contribution in [0.1, 0.15) is 52.8 Å². The summed E-state index contributed by atoms with van der Waals surface area (Å²) in [7, 11) is -16.8. The number of carbonyl (C=O) groups is 5. The third-order valence-electron chi connectivity index (χ3n) is 12.0. The van der Waals surface area contributed by atoms with Gasteiger partial charge >= 0.3 is 65.1 Å². The second-order valence-corrected chi connectivity index (χ2v) is 22.9. The molecular formula is C49H44N8Na2O17S4. The van der Waals surface area contributed by atoms with Crippen molar-refractivity contribution in [3.63, 3.8) is 0 Å². The fraction of sp³-hybridized carbons (Fsp3) is 0.0816. The zero-order valence-corrected chi connectivity index (χ0v) is 43.9. The third kappa shape index (κ3) is 13.5. The van der Waals surface area contributed by atoms with Crippen LogP contribution in [0.2, 0.25) is 0 Å². The van der Waals surface area contributed by atoms with Crippen molar-refractivity contribution in [3.8, 4) is 0 Å². The Kier molecular flexibility index (Phi) is 18.5. The number of nitrogens with one attached hydrogen (secondary N) is 6. The summed E-state index contributed by atoms with van der Waals surface area (Å²) >= 11 is 0. The molecule has 6 amide bonds. The normalized spacial score (nSPS) is 11.7. The Balaban J connectivity index is 0.00000516. The molecule has 0 bridgehead atoms. The van der Waals surface area contributed by atoms with Crippen LogP contribution in [-0.2, 0) is 54.6 Å². The summed E-state index contributed by atoms with van der Waals surface area (Å²) in [4.78, 5) is 64.5. The van der Waals surface area contributed by atoms with Crippen molar-refractivity contribution in [3.05, 3.63) is 155 Å². The van der Waals surface area contributed by atoms with Gasteiger partial charge in [-0.25, -0.2) is 4.79 Å². The van der Waals surface area contributed by atoms with E-state index < -0.39 is 101 Å². The van der Waals surface area contributed by atoms with Crippen molar-refractivity contribution >= 4 is 185 Å². The maximum absolute atomic E-state index is 13.6. The van der Waals surface area contributed by atoms with E-state index in [0.29, 0.717) is 11.1 Å². The predicted octanol–water partition coefficient (Wildman–Crippen LogP) is 5.63. The second-order valence-electron chi connectivity index (χ2n) is 17.4. The van der Waals surface area contributed by atoms with Crippen molar-refractivity contribution in [1.82, 2.24) is 9.13 Å². The molecule has 80 heavy (non-hydrogen) atoms. The number of aryl methyl sites for hydroxylation is 4. The molecule has 31 heteroatoms. The molecule has 0 atom stereocenters. The van der Waals surface area contributed by atoms with Crippen molar-refractivity contribution in [2.75, 3.05) is 31.9 Å². The Hall–Kier alpha value is -6.81. The maximum atomic E-state index is 13.6. The number of hydrogen-bond acceptors (Lipinski definition) is 13. The molecule has 6 aromatic carbocycles. The Morgan fingerprint density at radius 3 is 1.09 bits per heavy atom. The molecule has 408 valence electrons. The van der Waals surface area contributed by atoms with Crippen LogP contribution in [0.15, 0.2) is 141 Å². The van der Waals surface area contributed by atoms with E-state index in [2.05, 4.69) is 31.9 Å². The summed E-state index contributed by atoms with van der Waals surface area (Å²) in [5, 5.41) is 14.2. The van der Waals surface area contributed by atoms with Crippen LogP contribution < -0.4 is 31.9 Å². The van der Waals surface area contributed by atoms with E-state index in [1.54, 1.807) is 13.8 Å². The van der Waals surface area contributed by atoms with Crippen molar-refractivity contribution in [1.29, 1.82) is 0 Å². The van der Waals surface area contributed by atoms with Crippen LogP contribution in [0.3, 0.4) is 0 Å². The van der Waals surface area contributed by atoms with Crippen molar-refractivity contribution in [2.45, 2.75) is 33.4 Å². The summed E-state index contributed by atoms with van der Waals surface area (Å²) in [5.41, 5.74) is 0.710. The fourth-order valence-corrected chi connectivity index (χ4v) is 11.5. The predicted molar refractivity (Wildman–Crippen MR) is 299 cm³/mol. The summed E-state index contributed by atoms with van der Waals surface area (Å²) in [6.45, 7) is 3.26. The van der Waals surface area contributed by atoms with Gasteiger partial charge in [0.15, 0.2) is 0 Å². The van der Waals surface area contributed by atoms with Crippen LogP contribution in [0.5, 0.6) is 0 Å². The standard InChI is InChI=1S/C49H42N8O17S4.2Na.2H/c1-25-11-13-27(45(58)52-35-17-15-31-33(43(35)77(69,70)71)7-5-9-41(31)75(63,64)65)19-37(25)54-47(60)39-21-29(23-56(39)3)50-49(62)51-30-22-40(57(4)24-30)48(61)55-38-20-28(14-12-26(38)2)46(59)53-36-18-16-32-34(44(36)78(72,73)74)8-6-10-42(32)76(66,67)68;;;;/h5-24H,1-4H3,(H,52,58)(H,53,59)(H,54,60)(H,55,61)(H2,50,51,62)(H,63,64,65)(H,66,67,68)(H,69,70,71)(H,72,73,74);;;;. The first-order valence-electron chi connectivity index (χ1n) is 22.3. The molecule has 8 rings (SSSR count). The van der Waals surface area contributed by atoms with Gasteiger partial charge in [0.05, 0.1) is 22.7 Å². The summed E-state index contributed by atoms with van der Waals surface area (Å²) < 4.78 is 140. The molecule has 10 N–H and O–H groups in total. The van der Waals surface area contributed by atoms with Crippen molar-refractivity contribution in [2.24, 2.45) is 14.1 Å². The number of amides is 6. The Labute approximate surface area is 500 Å². The van der Waals surface area contributed by atoms with Gasteiger partial charge in [0, 0.05) is 70.5 Å². The molecular weight excluding hydrogens is 1150 g/mol. The molecule has 8 aromatic rings. The van der Waals surface area contributed by atoms with E-state index in [1.807, 2.05) is 0 Å². The molecule has 0 aliphatic carbocycles. The van der Waals surface area contributed by atoms with Crippen LogP contribution in [0.25, 0.3) is 21.5 Å². The molecule has 0 fully saturated rings. The first kappa shape index (κ1) is 62.4. The average molecular weight is 1190 g/mol. The van der Waals surface area contributed by atoms with Crippen LogP contribution in [0.4, 0.5) is 38.9 Å². The number of hydrogen-bond donors (Lipinski definition) is 10. The van der Waals surface area contributed by atoms with Gasteiger partial charge in [-0.1, -0.05) is 48.5 Å². The van der Waals surface area contributed by atoms with Gasteiger partial charge < -0.3 is 41.0 Å². The molecule has 0 aliphatic heterocycles. The van der Waals surface area contributed by atoms with Crippen molar-refractivity contribution < 1.29 is 75.9 Å². The SMILES string of the molecule is Cc1ccc(C(=O)Nc2ccc3c(S(=O)(=O)O)cccc3c2S(=O)(=O)O)cc1NC(=O)c1cc(NC(=O)Nc2cc(C(=O)Nc3cc(C(=O)Nc4ccc5c(S(=O)(=O)O)cccc5c4S(=O)(=O)O)ccc3C)n(C)c2)cn1C.[NaH].[NaH]. The molecule has 0 unspecified atom stereocenters. The van der Waals surface area contributed by atoms with E-state index in [-0.39, 0.29) is 126 Å². The third-order valence-corrected chi connectivity index (χ3v) is 15.7. The van der Waals surface area contributed by atoms with Gasteiger partial charge in [-0.3, -0.25) is 37.4 Å². The Bertz CT molecular complexity index is 4120. The number of carbonyl (C=O) groups excluding carboxylic acids is 5. The average Bonchev–Trinajstić information content (AvgIpc) is 4.08. The monoisotopic (exact) mass is 1190 g/mol. The van der Waals surface area contributed by atoms with Crippen LogP contribution >= 0.6 is 0 Å². The minimum absolute atomic E-state index is 0. The van der Waals surface area contributed by atoms with Gasteiger partial charge in [0.1, 0.15) is 31.0 Å². The van der Waals surface area contributed by atoms with E-state index in [4.69, 9.17) is 0 Å². The summed E-state index contributed by atoms with van der Waals surface area (Å²) in [5.74, 6) is -3.14. The van der Waals surface area contributed by atoms with E-state index in [0.717, 1.165) is 48.5 Å². The van der Waals surface area contributed by atoms with Gasteiger partial charge in [-0.05, 0) is 85.6 Å². The molecule has 2 aromatic heterocycles. The topological polar surface area (TPSA) is 385 Å². The molecule has 0 saturated carbocycles. The summed E-state index contributed by atoms with van der Waals surface area (Å²) in [6.07, 6.45) is 2.86. The minimum atomic E-state index is -5.11. The number of benzene rings is 6. The first-order chi connectivity index (χ1) is 36.4. The van der Waals surface area contributed by atoms with Gasteiger partial charge in [0.25, 0.3) is 64.1 Å². The van der Waals surface area contributed by atoms with E-state index >= 15 is 0 Å². The molecule has 0 radical (unpaired) electrons. The quantitative estimate of drug-likeness (QED) is 0.0466. The first-order valence-corrected chi connectivity index (χ1v) is 28.0. The van der Waals surface area contributed by atoms with Gasteiger partial charge in [-0.15, -0.1) is 0 Å². The number of aromatic nitrogens is 2. The van der Waals surface area contributed by atoms with Crippen LogP contribution in [0, 0.1) is 13.8 Å². The molecule has 2 heterocycles. The zero-order chi connectivity index (χ0) is 57.0. The number of fused-ring (bicyclic) bond motifs is 2. The second kappa shape index (κ2) is 23.7. The van der Waals surface area contributed by atoms with Crippen LogP contribution in [-0.4, -0.2) is 150 Å².